The van der Waals surface area contributed by atoms with Gasteiger partial charge in [-0.3, -0.25) is 10.1 Å². The van der Waals surface area contributed by atoms with Crippen LogP contribution in [0.5, 0.6) is 0 Å². The third kappa shape index (κ3) is 3.55. The second-order valence-electron chi connectivity index (χ2n) is 3.31. The first-order chi connectivity index (χ1) is 7.11. The minimum Gasteiger partial charge on any atom is -0.369 e. The molecule has 0 bridgehead atoms. The lowest BCUT2D eigenvalue weighted by atomic mass is 10.3. The first-order valence-corrected chi connectivity index (χ1v) is 4.77. The molecule has 5 heteroatoms. The van der Waals surface area contributed by atoms with Crippen molar-refractivity contribution < 1.29 is 4.92 Å². The molecule has 1 fully saturated rings. The number of nitrogens with one attached hydrogen (secondary N) is 1. The zero-order valence-corrected chi connectivity index (χ0v) is 8.61. The van der Waals surface area contributed by atoms with E-state index in [4.69, 9.17) is 0 Å². The fourth-order valence-corrected chi connectivity index (χ4v) is 1.31. The molecule has 0 aromatic carbocycles. The molecule has 1 aliphatic rings. The van der Waals surface area contributed by atoms with Gasteiger partial charge in [0.1, 0.15) is 0 Å². The van der Waals surface area contributed by atoms with Crippen molar-refractivity contribution in [3.63, 3.8) is 0 Å². The quantitative estimate of drug-likeness (QED) is 0.422. The van der Waals surface area contributed by atoms with Crippen LogP contribution >= 0.6 is 0 Å². The molecule has 1 aliphatic heterocycles. The van der Waals surface area contributed by atoms with E-state index in [9.17, 15) is 10.1 Å². The highest BCUT2D eigenvalue weighted by atomic mass is 16.6. The molecular weight excluding hydrogens is 194 g/mol. The van der Waals surface area contributed by atoms with Gasteiger partial charge in [0.15, 0.2) is 0 Å². The van der Waals surface area contributed by atoms with Gasteiger partial charge in [-0.2, -0.15) is 0 Å². The predicted molar refractivity (Wildman–Crippen MR) is 58.9 cm³/mol. The molecule has 0 aromatic heterocycles. The fraction of sp³-hybridized carbons (Fsp3) is 0.400. The maximum atomic E-state index is 10.3. The molecule has 0 atom stereocenters. The first kappa shape index (κ1) is 11.5. The maximum absolute atomic E-state index is 10.3. The van der Waals surface area contributed by atoms with Crippen LogP contribution in [-0.2, 0) is 0 Å². The summed E-state index contributed by atoms with van der Waals surface area (Å²) >= 11 is 0. The van der Waals surface area contributed by atoms with Crippen LogP contribution in [0.4, 0.5) is 0 Å². The zero-order valence-electron chi connectivity index (χ0n) is 8.61. The highest BCUT2D eigenvalue weighted by Crippen LogP contribution is 2.06. The van der Waals surface area contributed by atoms with Crippen LogP contribution in [0.1, 0.15) is 0 Å². The van der Waals surface area contributed by atoms with Gasteiger partial charge in [0.25, 0.3) is 5.70 Å². The fourth-order valence-electron chi connectivity index (χ4n) is 1.31. The molecule has 0 radical (unpaired) electrons. The Morgan fingerprint density at radius 1 is 1.33 bits per heavy atom. The normalized spacial score (nSPS) is 16.7. The van der Waals surface area contributed by atoms with E-state index in [-0.39, 0.29) is 5.70 Å². The Labute approximate surface area is 88.9 Å². The Morgan fingerprint density at radius 3 is 2.47 bits per heavy atom. The van der Waals surface area contributed by atoms with E-state index < -0.39 is 4.92 Å². The van der Waals surface area contributed by atoms with E-state index in [0.717, 1.165) is 31.9 Å². The van der Waals surface area contributed by atoms with Gasteiger partial charge >= 0.3 is 0 Å². The summed E-state index contributed by atoms with van der Waals surface area (Å²) in [5.41, 5.74) is 0.672. The molecule has 1 saturated heterocycles. The largest absolute Gasteiger partial charge is 0.369 e. The molecule has 15 heavy (non-hydrogen) atoms. The molecule has 82 valence electrons. The summed E-state index contributed by atoms with van der Waals surface area (Å²) in [5, 5.41) is 13.5. The van der Waals surface area contributed by atoms with Crippen LogP contribution in [0.15, 0.2) is 36.7 Å². The topological polar surface area (TPSA) is 58.4 Å². The zero-order chi connectivity index (χ0) is 11.3. The van der Waals surface area contributed by atoms with Crippen molar-refractivity contribution in [2.75, 3.05) is 26.2 Å². The van der Waals surface area contributed by atoms with Crippen molar-refractivity contribution in [1.82, 2.24) is 10.2 Å². The lowest BCUT2D eigenvalue weighted by Gasteiger charge is -2.29. The number of hydrogen-bond acceptors (Lipinski definition) is 4. The van der Waals surface area contributed by atoms with Gasteiger partial charge in [0.05, 0.1) is 4.92 Å². The van der Waals surface area contributed by atoms with E-state index in [2.05, 4.69) is 23.4 Å². The summed E-state index contributed by atoms with van der Waals surface area (Å²) in [6.45, 7) is 10.8. The van der Waals surface area contributed by atoms with Gasteiger partial charge < -0.3 is 10.2 Å². The summed E-state index contributed by atoms with van der Waals surface area (Å²) in [6.07, 6.45) is 3.01. The Hall–Kier alpha value is -1.62. The SMILES string of the molecule is C=C(/C=C\C(=C)[N+](=O)[O-])N1CCNCC1. The molecule has 0 aromatic rings. The Morgan fingerprint density at radius 2 is 1.93 bits per heavy atom. The molecule has 1 N–H and O–H groups in total. The van der Waals surface area contributed by atoms with Crippen molar-refractivity contribution in [3.8, 4) is 0 Å². The number of piperazine rings is 1. The standard InChI is InChI=1S/C10H15N3O2/c1-9(3-4-10(2)13(14)15)12-7-5-11-6-8-12/h3-4,11H,1-2,5-8H2/b4-3-. The van der Waals surface area contributed by atoms with Crippen LogP contribution in [0, 0.1) is 10.1 Å². The highest BCUT2D eigenvalue weighted by Gasteiger charge is 2.09. The van der Waals surface area contributed by atoms with Crippen molar-refractivity contribution in [2.45, 2.75) is 0 Å². The van der Waals surface area contributed by atoms with Gasteiger partial charge in [-0.1, -0.05) is 6.58 Å². The average molecular weight is 209 g/mol. The molecule has 0 spiro atoms. The van der Waals surface area contributed by atoms with Crippen LogP contribution in [0.25, 0.3) is 0 Å². The average Bonchev–Trinajstić information content (AvgIpc) is 2.26. The Bertz CT molecular complexity index is 304. The van der Waals surface area contributed by atoms with E-state index in [1.807, 2.05) is 0 Å². The molecular formula is C10H15N3O2. The van der Waals surface area contributed by atoms with Gasteiger partial charge in [0, 0.05) is 38.0 Å². The molecule has 1 rings (SSSR count). The Balaban J connectivity index is 2.47. The number of allylic oxidation sites excluding steroid dienone is 2. The van der Waals surface area contributed by atoms with E-state index in [0.29, 0.717) is 0 Å². The lowest BCUT2D eigenvalue weighted by molar-refractivity contribution is -0.418. The summed E-state index contributed by atoms with van der Waals surface area (Å²) in [4.78, 5) is 11.9. The van der Waals surface area contributed by atoms with Crippen LogP contribution in [0.2, 0.25) is 0 Å². The second-order valence-corrected chi connectivity index (χ2v) is 3.31. The number of nitro groups is 1. The third-order valence-corrected chi connectivity index (χ3v) is 2.23. The lowest BCUT2D eigenvalue weighted by Crippen LogP contribution is -2.42. The molecule has 1 heterocycles. The van der Waals surface area contributed by atoms with Gasteiger partial charge in [-0.15, -0.1) is 0 Å². The van der Waals surface area contributed by atoms with Gasteiger partial charge in [-0.05, 0) is 12.7 Å². The number of rotatable bonds is 4. The second kappa shape index (κ2) is 5.31. The summed E-state index contributed by atoms with van der Waals surface area (Å²) in [5.74, 6) is 0. The summed E-state index contributed by atoms with van der Waals surface area (Å²) in [6, 6.07) is 0. The van der Waals surface area contributed by atoms with Crippen molar-refractivity contribution in [3.05, 3.63) is 46.8 Å². The van der Waals surface area contributed by atoms with Gasteiger partial charge in [-0.25, -0.2) is 0 Å². The summed E-state index contributed by atoms with van der Waals surface area (Å²) < 4.78 is 0. The predicted octanol–water partition coefficient (Wildman–Crippen LogP) is 0.752. The van der Waals surface area contributed by atoms with Crippen LogP contribution < -0.4 is 5.32 Å². The first-order valence-electron chi connectivity index (χ1n) is 4.77. The van der Waals surface area contributed by atoms with Crippen LogP contribution in [-0.4, -0.2) is 36.0 Å². The van der Waals surface area contributed by atoms with Crippen molar-refractivity contribution >= 4 is 0 Å². The van der Waals surface area contributed by atoms with Crippen molar-refractivity contribution in [1.29, 1.82) is 0 Å². The monoisotopic (exact) mass is 209 g/mol. The molecule has 0 unspecified atom stereocenters. The minimum atomic E-state index is -0.512. The summed E-state index contributed by atoms with van der Waals surface area (Å²) in [7, 11) is 0. The number of hydrogen-bond donors (Lipinski definition) is 1. The molecule has 0 amide bonds. The minimum absolute atomic E-state index is 0.119. The highest BCUT2D eigenvalue weighted by molar-refractivity contribution is 5.20. The molecule has 0 aliphatic carbocycles. The van der Waals surface area contributed by atoms with Gasteiger partial charge in [0.2, 0.25) is 0 Å². The third-order valence-electron chi connectivity index (χ3n) is 2.23. The van der Waals surface area contributed by atoms with E-state index >= 15 is 0 Å². The van der Waals surface area contributed by atoms with Crippen LogP contribution in [0.3, 0.4) is 0 Å². The molecule has 0 saturated carbocycles. The number of nitrogens with zero attached hydrogens (tertiary/aromatic N) is 2. The maximum Gasteiger partial charge on any atom is 0.262 e. The van der Waals surface area contributed by atoms with E-state index in [1.54, 1.807) is 6.08 Å². The molecule has 5 nitrogen and oxygen atoms in total. The Kier molecular flexibility index (Phi) is 4.05. The van der Waals surface area contributed by atoms with Crippen molar-refractivity contribution in [2.24, 2.45) is 0 Å². The smallest absolute Gasteiger partial charge is 0.262 e. The van der Waals surface area contributed by atoms with E-state index in [1.165, 1.54) is 6.08 Å².